The molecule has 3 rings (SSSR count). The first kappa shape index (κ1) is 10.5. The first-order valence-electron chi connectivity index (χ1n) is 5.36. The Hall–Kier alpha value is -2.63. The van der Waals surface area contributed by atoms with E-state index < -0.39 is 0 Å². The molecule has 0 aromatic carbocycles. The summed E-state index contributed by atoms with van der Waals surface area (Å²) in [5.74, 6) is 1.56. The van der Waals surface area contributed by atoms with Gasteiger partial charge in [-0.05, 0) is 19.1 Å². The van der Waals surface area contributed by atoms with E-state index in [4.69, 9.17) is 4.42 Å². The largest absolute Gasteiger partial charge is 0.416 e. The maximum Gasteiger partial charge on any atom is 0.251 e. The topological polar surface area (TPSA) is 77.6 Å². The Kier molecular flexibility index (Phi) is 2.53. The van der Waals surface area contributed by atoms with E-state index >= 15 is 0 Å². The molecule has 6 nitrogen and oxygen atoms in total. The number of aryl methyl sites for hydroxylation is 1. The summed E-state index contributed by atoms with van der Waals surface area (Å²) in [6, 6.07) is 3.62. The number of hydrogen-bond donors (Lipinski definition) is 0. The van der Waals surface area contributed by atoms with Crippen LogP contribution in [0.15, 0.2) is 41.3 Å². The molecule has 0 bridgehead atoms. The van der Waals surface area contributed by atoms with Gasteiger partial charge in [-0.15, -0.1) is 10.2 Å². The Morgan fingerprint density at radius 1 is 0.889 bits per heavy atom. The zero-order chi connectivity index (χ0) is 12.4. The lowest BCUT2D eigenvalue weighted by molar-refractivity contribution is 0.583. The van der Waals surface area contributed by atoms with Gasteiger partial charge in [0.25, 0.3) is 5.89 Å². The molecule has 0 aliphatic carbocycles. The Labute approximate surface area is 103 Å². The molecule has 0 fully saturated rings. The minimum absolute atomic E-state index is 0.404. The molecule has 0 unspecified atom stereocenters. The first-order valence-corrected chi connectivity index (χ1v) is 5.36. The highest BCUT2D eigenvalue weighted by Crippen LogP contribution is 2.22. The van der Waals surface area contributed by atoms with Gasteiger partial charge in [-0.1, -0.05) is 0 Å². The molecule has 3 heterocycles. The number of hydrogen-bond acceptors (Lipinski definition) is 6. The van der Waals surface area contributed by atoms with Gasteiger partial charge in [-0.25, -0.2) is 9.97 Å². The molecule has 0 saturated heterocycles. The van der Waals surface area contributed by atoms with Gasteiger partial charge in [-0.3, -0.25) is 4.98 Å². The van der Waals surface area contributed by atoms with Gasteiger partial charge in [0.15, 0.2) is 0 Å². The summed E-state index contributed by atoms with van der Waals surface area (Å²) in [5, 5.41) is 7.96. The van der Waals surface area contributed by atoms with Crippen LogP contribution in [0.3, 0.4) is 0 Å². The van der Waals surface area contributed by atoms with Crippen LogP contribution < -0.4 is 0 Å². The summed E-state index contributed by atoms with van der Waals surface area (Å²) >= 11 is 0. The minimum Gasteiger partial charge on any atom is -0.416 e. The molecule has 18 heavy (non-hydrogen) atoms. The lowest BCUT2D eigenvalue weighted by Crippen LogP contribution is -1.87. The van der Waals surface area contributed by atoms with Gasteiger partial charge in [0.1, 0.15) is 5.82 Å². The Morgan fingerprint density at radius 3 is 2.17 bits per heavy atom. The molecule has 6 heteroatoms. The fourth-order valence-electron chi connectivity index (χ4n) is 1.45. The zero-order valence-electron chi connectivity index (χ0n) is 9.61. The molecule has 0 amide bonds. The van der Waals surface area contributed by atoms with Gasteiger partial charge in [0, 0.05) is 30.4 Å². The summed E-state index contributed by atoms with van der Waals surface area (Å²) in [6.45, 7) is 1.82. The average Bonchev–Trinajstić information content (AvgIpc) is 2.90. The second-order valence-corrected chi connectivity index (χ2v) is 3.67. The van der Waals surface area contributed by atoms with Crippen molar-refractivity contribution in [2.24, 2.45) is 0 Å². The van der Waals surface area contributed by atoms with E-state index in [-0.39, 0.29) is 0 Å². The quantitative estimate of drug-likeness (QED) is 0.679. The normalized spacial score (nSPS) is 10.5. The second-order valence-electron chi connectivity index (χ2n) is 3.67. The molecular formula is C12H9N5O. The second kappa shape index (κ2) is 4.33. The van der Waals surface area contributed by atoms with Crippen LogP contribution in [-0.2, 0) is 0 Å². The minimum atomic E-state index is 0.404. The van der Waals surface area contributed by atoms with Crippen molar-refractivity contribution in [2.75, 3.05) is 0 Å². The monoisotopic (exact) mass is 239 g/mol. The molecule has 0 saturated carbocycles. The third-order valence-corrected chi connectivity index (χ3v) is 2.38. The van der Waals surface area contributed by atoms with E-state index in [1.165, 1.54) is 0 Å². The van der Waals surface area contributed by atoms with Crippen LogP contribution in [0.25, 0.3) is 22.9 Å². The Bertz CT molecular complexity index is 648. The molecule has 3 aromatic rings. The third-order valence-electron chi connectivity index (χ3n) is 2.38. The standard InChI is InChI=1S/C12H9N5O/c1-8-14-6-10(7-15-8)12-17-16-11(18-12)9-2-4-13-5-3-9/h2-7H,1H3. The van der Waals surface area contributed by atoms with Crippen molar-refractivity contribution in [2.45, 2.75) is 6.92 Å². The van der Waals surface area contributed by atoms with E-state index in [1.807, 2.05) is 19.1 Å². The van der Waals surface area contributed by atoms with Gasteiger partial charge >= 0.3 is 0 Å². The number of aromatic nitrogens is 5. The lowest BCUT2D eigenvalue weighted by atomic mass is 10.3. The van der Waals surface area contributed by atoms with Crippen LogP contribution in [0, 0.1) is 6.92 Å². The van der Waals surface area contributed by atoms with Crippen LogP contribution in [0.5, 0.6) is 0 Å². The van der Waals surface area contributed by atoms with E-state index in [0.29, 0.717) is 23.2 Å². The summed E-state index contributed by atoms with van der Waals surface area (Å²) in [4.78, 5) is 12.1. The SMILES string of the molecule is Cc1ncc(-c2nnc(-c3ccncc3)o2)cn1. The molecule has 0 atom stereocenters. The van der Waals surface area contributed by atoms with Crippen LogP contribution in [0.4, 0.5) is 0 Å². The van der Waals surface area contributed by atoms with Gasteiger partial charge in [0.2, 0.25) is 5.89 Å². The molecule has 0 N–H and O–H groups in total. The zero-order valence-corrected chi connectivity index (χ0v) is 9.61. The van der Waals surface area contributed by atoms with Gasteiger partial charge < -0.3 is 4.42 Å². The molecular weight excluding hydrogens is 230 g/mol. The van der Waals surface area contributed by atoms with Crippen LogP contribution in [0.2, 0.25) is 0 Å². The summed E-state index contributed by atoms with van der Waals surface area (Å²) in [7, 11) is 0. The van der Waals surface area contributed by atoms with Crippen molar-refractivity contribution in [3.63, 3.8) is 0 Å². The fourth-order valence-corrected chi connectivity index (χ4v) is 1.45. The molecule has 0 spiro atoms. The maximum absolute atomic E-state index is 5.57. The molecule has 0 aliphatic heterocycles. The smallest absolute Gasteiger partial charge is 0.251 e. The fraction of sp³-hybridized carbons (Fsp3) is 0.0833. The predicted molar refractivity (Wildman–Crippen MR) is 63.3 cm³/mol. The average molecular weight is 239 g/mol. The van der Waals surface area contributed by atoms with Crippen molar-refractivity contribution < 1.29 is 4.42 Å². The maximum atomic E-state index is 5.57. The van der Waals surface area contributed by atoms with Crippen LogP contribution >= 0.6 is 0 Å². The van der Waals surface area contributed by atoms with Crippen molar-refractivity contribution in [3.8, 4) is 22.9 Å². The number of nitrogens with zero attached hydrogens (tertiary/aromatic N) is 5. The highest BCUT2D eigenvalue weighted by atomic mass is 16.4. The van der Waals surface area contributed by atoms with Gasteiger partial charge in [0.05, 0.1) is 5.56 Å². The summed E-state index contributed by atoms with van der Waals surface area (Å²) in [6.07, 6.45) is 6.67. The summed E-state index contributed by atoms with van der Waals surface area (Å²) < 4.78 is 5.57. The van der Waals surface area contributed by atoms with E-state index in [1.54, 1.807) is 24.8 Å². The van der Waals surface area contributed by atoms with Gasteiger partial charge in [-0.2, -0.15) is 0 Å². The van der Waals surface area contributed by atoms with Crippen molar-refractivity contribution >= 4 is 0 Å². The number of rotatable bonds is 2. The molecule has 88 valence electrons. The van der Waals surface area contributed by atoms with Crippen molar-refractivity contribution in [1.82, 2.24) is 25.1 Å². The molecule has 3 aromatic heterocycles. The molecule has 0 aliphatic rings. The summed E-state index contributed by atoms with van der Waals surface area (Å²) in [5.41, 5.74) is 1.53. The Morgan fingerprint density at radius 2 is 1.50 bits per heavy atom. The van der Waals surface area contributed by atoms with Crippen LogP contribution in [0.1, 0.15) is 5.82 Å². The van der Waals surface area contributed by atoms with E-state index in [9.17, 15) is 0 Å². The molecule has 0 radical (unpaired) electrons. The lowest BCUT2D eigenvalue weighted by Gasteiger charge is -1.94. The van der Waals surface area contributed by atoms with E-state index in [2.05, 4.69) is 25.1 Å². The van der Waals surface area contributed by atoms with Crippen molar-refractivity contribution in [3.05, 3.63) is 42.7 Å². The number of pyridine rings is 1. The Balaban J connectivity index is 1.97. The van der Waals surface area contributed by atoms with E-state index in [0.717, 1.165) is 5.56 Å². The van der Waals surface area contributed by atoms with Crippen LogP contribution in [-0.4, -0.2) is 25.1 Å². The van der Waals surface area contributed by atoms with Crippen molar-refractivity contribution in [1.29, 1.82) is 0 Å². The highest BCUT2D eigenvalue weighted by Gasteiger charge is 2.10. The first-order chi connectivity index (χ1) is 8.83. The highest BCUT2D eigenvalue weighted by molar-refractivity contribution is 5.55. The predicted octanol–water partition coefficient (Wildman–Crippen LogP) is 1.90. The third kappa shape index (κ3) is 1.95.